The highest BCUT2D eigenvalue weighted by atomic mass is 16.2. The normalized spacial score (nSPS) is 23.5. The van der Waals surface area contributed by atoms with Crippen molar-refractivity contribution in [3.63, 3.8) is 0 Å². The minimum atomic E-state index is 0.0922. The predicted octanol–water partition coefficient (Wildman–Crippen LogP) is 2.84. The van der Waals surface area contributed by atoms with Gasteiger partial charge in [-0.3, -0.25) is 9.78 Å². The average Bonchev–Trinajstić information content (AvgIpc) is 2.88. The number of amides is 1. The topological polar surface area (TPSA) is 36.4 Å². The average molecular weight is 307 g/mol. The van der Waals surface area contributed by atoms with E-state index in [-0.39, 0.29) is 11.9 Å². The maximum absolute atomic E-state index is 13.1. The van der Waals surface area contributed by atoms with E-state index in [0.29, 0.717) is 11.5 Å². The van der Waals surface area contributed by atoms with Crippen LogP contribution in [-0.2, 0) is 0 Å². The number of likely N-dealkylation sites (N-methyl/N-ethyl adjacent to an activating group) is 1. The van der Waals surface area contributed by atoms with Crippen molar-refractivity contribution in [1.82, 2.24) is 9.88 Å². The highest BCUT2D eigenvalue weighted by Crippen LogP contribution is 2.45. The van der Waals surface area contributed by atoms with Gasteiger partial charge in [0.05, 0.1) is 0 Å². The molecule has 2 aromatic rings. The molecule has 1 amide bonds. The number of nitrogens with zero attached hydrogens (tertiary/aromatic N) is 3. The first-order chi connectivity index (χ1) is 11.1. The summed E-state index contributed by atoms with van der Waals surface area (Å²) in [7, 11) is 2.17. The van der Waals surface area contributed by atoms with Crippen LogP contribution in [0.1, 0.15) is 33.8 Å². The zero-order valence-corrected chi connectivity index (χ0v) is 13.6. The van der Waals surface area contributed by atoms with Crippen LogP contribution in [0.25, 0.3) is 0 Å². The minimum Gasteiger partial charge on any atom is -0.306 e. The quantitative estimate of drug-likeness (QED) is 0.813. The number of carbonyl (C=O) groups is 1. The maximum Gasteiger partial charge on any atom is 0.258 e. The molecule has 118 valence electrons. The second-order valence-corrected chi connectivity index (χ2v) is 6.70. The fraction of sp³-hybridized carbons (Fsp3) is 0.368. The highest BCUT2D eigenvalue weighted by molar-refractivity contribution is 6.08. The molecule has 0 unspecified atom stereocenters. The van der Waals surface area contributed by atoms with Crippen molar-refractivity contribution in [2.75, 3.05) is 25.0 Å². The molecule has 0 aliphatic carbocycles. The lowest BCUT2D eigenvalue weighted by atomic mass is 9.89. The molecule has 23 heavy (non-hydrogen) atoms. The molecule has 0 saturated carbocycles. The molecular formula is C19H21N3O. The van der Waals surface area contributed by atoms with Crippen molar-refractivity contribution >= 4 is 11.6 Å². The molecule has 1 aromatic carbocycles. The molecule has 0 N–H and O–H groups in total. The lowest BCUT2D eigenvalue weighted by Crippen LogP contribution is -2.47. The van der Waals surface area contributed by atoms with Gasteiger partial charge in [0.15, 0.2) is 0 Å². The number of rotatable bonds is 1. The summed E-state index contributed by atoms with van der Waals surface area (Å²) >= 11 is 0. The number of aryl methyl sites for hydroxylation is 1. The molecule has 0 radical (unpaired) electrons. The van der Waals surface area contributed by atoms with Gasteiger partial charge < -0.3 is 9.80 Å². The predicted molar refractivity (Wildman–Crippen MR) is 90.9 cm³/mol. The number of pyridine rings is 1. The number of anilines is 1. The van der Waals surface area contributed by atoms with E-state index in [9.17, 15) is 4.79 Å². The van der Waals surface area contributed by atoms with Crippen molar-refractivity contribution in [3.8, 4) is 0 Å². The van der Waals surface area contributed by atoms with Crippen molar-refractivity contribution in [1.29, 1.82) is 0 Å². The third-order valence-corrected chi connectivity index (χ3v) is 5.10. The van der Waals surface area contributed by atoms with Gasteiger partial charge in [-0.1, -0.05) is 17.7 Å². The largest absolute Gasteiger partial charge is 0.306 e. The Balaban J connectivity index is 1.79. The molecule has 4 nitrogen and oxygen atoms in total. The Morgan fingerprint density at radius 1 is 1.22 bits per heavy atom. The van der Waals surface area contributed by atoms with Gasteiger partial charge in [0.25, 0.3) is 5.91 Å². The van der Waals surface area contributed by atoms with Crippen LogP contribution in [0, 0.1) is 6.92 Å². The lowest BCUT2D eigenvalue weighted by molar-refractivity contribution is 0.0964. The van der Waals surface area contributed by atoms with Gasteiger partial charge in [-0.25, -0.2) is 0 Å². The molecule has 1 fully saturated rings. The number of hydrogen-bond donors (Lipinski definition) is 0. The van der Waals surface area contributed by atoms with Crippen LogP contribution in [0.5, 0.6) is 0 Å². The number of carbonyl (C=O) groups excluding carboxylic acids is 1. The molecule has 4 rings (SSSR count). The Hall–Kier alpha value is -2.20. The van der Waals surface area contributed by atoms with E-state index in [4.69, 9.17) is 0 Å². The van der Waals surface area contributed by atoms with Gasteiger partial charge in [0.2, 0.25) is 0 Å². The number of benzene rings is 1. The summed E-state index contributed by atoms with van der Waals surface area (Å²) in [5.41, 5.74) is 4.38. The molecule has 0 bridgehead atoms. The molecule has 2 atom stereocenters. The summed E-state index contributed by atoms with van der Waals surface area (Å²) in [4.78, 5) is 21.5. The van der Waals surface area contributed by atoms with Crippen LogP contribution in [0.3, 0.4) is 0 Å². The van der Waals surface area contributed by atoms with E-state index in [1.165, 1.54) is 11.1 Å². The second-order valence-electron chi connectivity index (χ2n) is 6.70. The van der Waals surface area contributed by atoms with E-state index in [1.54, 1.807) is 24.5 Å². The summed E-state index contributed by atoms with van der Waals surface area (Å²) < 4.78 is 0. The molecular weight excluding hydrogens is 286 g/mol. The highest BCUT2D eigenvalue weighted by Gasteiger charge is 2.43. The molecule has 0 spiro atoms. The van der Waals surface area contributed by atoms with Gasteiger partial charge in [-0.2, -0.15) is 0 Å². The summed E-state index contributed by atoms with van der Waals surface area (Å²) in [6.45, 7) is 4.17. The minimum absolute atomic E-state index is 0.0922. The van der Waals surface area contributed by atoms with Crippen molar-refractivity contribution < 1.29 is 4.79 Å². The summed E-state index contributed by atoms with van der Waals surface area (Å²) in [6.07, 6.45) is 4.39. The first-order valence-electron chi connectivity index (χ1n) is 8.18. The third-order valence-electron chi connectivity index (χ3n) is 5.10. The number of hydrogen-bond acceptors (Lipinski definition) is 3. The smallest absolute Gasteiger partial charge is 0.258 e. The van der Waals surface area contributed by atoms with Crippen LogP contribution in [0.2, 0.25) is 0 Å². The number of likely N-dealkylation sites (tertiary alicyclic amines) is 1. The van der Waals surface area contributed by atoms with Crippen molar-refractivity contribution in [2.45, 2.75) is 25.3 Å². The van der Waals surface area contributed by atoms with Gasteiger partial charge in [-0.05, 0) is 50.7 Å². The molecule has 2 aliphatic heterocycles. The van der Waals surface area contributed by atoms with Gasteiger partial charge >= 0.3 is 0 Å². The van der Waals surface area contributed by atoms with Crippen molar-refractivity contribution in [3.05, 3.63) is 59.4 Å². The van der Waals surface area contributed by atoms with E-state index >= 15 is 0 Å². The Bertz CT molecular complexity index is 744. The molecule has 1 aromatic heterocycles. The lowest BCUT2D eigenvalue weighted by Gasteiger charge is -2.36. The summed E-state index contributed by atoms with van der Waals surface area (Å²) in [5, 5.41) is 0. The standard InChI is InChI=1S/C19H21N3O/c1-13-3-4-17-15(11-13)16-12-21(2)10-7-18(16)22(17)19(23)14-5-8-20-9-6-14/h3-6,8-9,11,16,18H,7,10,12H2,1-2H3/t16-,18+/m1/s1. The van der Waals surface area contributed by atoms with Gasteiger partial charge in [-0.15, -0.1) is 0 Å². The third kappa shape index (κ3) is 2.34. The fourth-order valence-electron chi connectivity index (χ4n) is 3.98. The zero-order chi connectivity index (χ0) is 16.0. The zero-order valence-electron chi connectivity index (χ0n) is 13.6. The molecule has 1 saturated heterocycles. The van der Waals surface area contributed by atoms with Crippen LogP contribution in [-0.4, -0.2) is 42.0 Å². The van der Waals surface area contributed by atoms with Gasteiger partial charge in [0.1, 0.15) is 0 Å². The molecule has 4 heteroatoms. The molecule has 3 heterocycles. The van der Waals surface area contributed by atoms with Crippen LogP contribution in [0.15, 0.2) is 42.7 Å². The SMILES string of the molecule is Cc1ccc2c(c1)[C@H]1CN(C)CC[C@@H]1N2C(=O)c1ccncc1. The first kappa shape index (κ1) is 14.4. The Kier molecular flexibility index (Phi) is 3.42. The number of aromatic nitrogens is 1. The summed E-state index contributed by atoms with van der Waals surface area (Å²) in [6, 6.07) is 10.3. The van der Waals surface area contributed by atoms with Crippen molar-refractivity contribution in [2.24, 2.45) is 0 Å². The van der Waals surface area contributed by atoms with Crippen LogP contribution < -0.4 is 4.90 Å². The fourth-order valence-corrected chi connectivity index (χ4v) is 3.98. The number of fused-ring (bicyclic) bond motifs is 3. The molecule has 2 aliphatic rings. The Morgan fingerprint density at radius 3 is 2.78 bits per heavy atom. The van der Waals surface area contributed by atoms with Crippen LogP contribution in [0.4, 0.5) is 5.69 Å². The van der Waals surface area contributed by atoms with E-state index < -0.39 is 0 Å². The Morgan fingerprint density at radius 2 is 2.00 bits per heavy atom. The number of piperidine rings is 1. The van der Waals surface area contributed by atoms with E-state index in [1.807, 2.05) is 4.90 Å². The van der Waals surface area contributed by atoms with E-state index in [0.717, 1.165) is 25.2 Å². The first-order valence-corrected chi connectivity index (χ1v) is 8.18. The maximum atomic E-state index is 13.1. The van der Waals surface area contributed by atoms with Gasteiger partial charge in [0, 0.05) is 42.1 Å². The monoisotopic (exact) mass is 307 g/mol. The van der Waals surface area contributed by atoms with Crippen LogP contribution >= 0.6 is 0 Å². The Labute approximate surface area is 136 Å². The summed E-state index contributed by atoms with van der Waals surface area (Å²) in [5.74, 6) is 0.504. The second kappa shape index (κ2) is 5.46. The van der Waals surface area contributed by atoms with E-state index in [2.05, 4.69) is 42.1 Å².